The van der Waals surface area contributed by atoms with E-state index in [0.29, 0.717) is 17.1 Å². The van der Waals surface area contributed by atoms with Crippen LogP contribution in [0.2, 0.25) is 0 Å². The van der Waals surface area contributed by atoms with Gasteiger partial charge in [-0.15, -0.1) is 11.8 Å². The molecule has 0 radical (unpaired) electrons. The minimum absolute atomic E-state index is 0.0844. The topological polar surface area (TPSA) is 85.8 Å². The van der Waals surface area contributed by atoms with Crippen LogP contribution in [0.5, 0.6) is 5.75 Å². The van der Waals surface area contributed by atoms with E-state index in [-0.39, 0.29) is 17.8 Å². The molecule has 0 aliphatic carbocycles. The van der Waals surface area contributed by atoms with Gasteiger partial charge in [-0.2, -0.15) is 0 Å². The van der Waals surface area contributed by atoms with Crippen LogP contribution in [0.1, 0.15) is 37.1 Å². The Hall–Kier alpha value is -4.50. The number of hydrogen-bond acceptors (Lipinski definition) is 7. The molecule has 9 heteroatoms. The number of anilines is 1. The molecule has 0 spiro atoms. The number of aromatic nitrogens is 1. The third-order valence-electron chi connectivity index (χ3n) is 6.65. The van der Waals surface area contributed by atoms with E-state index in [1.54, 1.807) is 41.6 Å². The summed E-state index contributed by atoms with van der Waals surface area (Å²) >= 11 is 1.38. The van der Waals surface area contributed by atoms with Crippen molar-refractivity contribution in [1.82, 2.24) is 4.98 Å². The standard InChI is InChI=1S/C32H27FN2O5S/c1-20(36)39-28-15-9-24(10-16-28)30-31(41-19-29(40-21(2)37)23-5-11-26(33)12-6-23)32(38)35(30)27-13-7-22(8-14-27)25-4-3-17-34-18-25/h3-18,29-31H,19H2,1-2H3/t29?,30-,31-/m1/s1. The van der Waals surface area contributed by atoms with Gasteiger partial charge in [0.1, 0.15) is 22.9 Å². The number of amides is 1. The smallest absolute Gasteiger partial charge is 0.308 e. The molecule has 1 unspecified atom stereocenters. The average Bonchev–Trinajstić information content (AvgIpc) is 2.96. The Kier molecular flexibility index (Phi) is 8.45. The van der Waals surface area contributed by atoms with Crippen LogP contribution in [0.4, 0.5) is 10.1 Å². The van der Waals surface area contributed by atoms with Crippen molar-refractivity contribution >= 4 is 35.3 Å². The molecule has 1 aliphatic rings. The molecule has 0 N–H and O–H groups in total. The van der Waals surface area contributed by atoms with Crippen molar-refractivity contribution in [1.29, 1.82) is 0 Å². The summed E-state index contributed by atoms with van der Waals surface area (Å²) in [5.74, 6) is -0.643. The third kappa shape index (κ3) is 6.47. The molecule has 41 heavy (non-hydrogen) atoms. The third-order valence-corrected chi connectivity index (χ3v) is 7.96. The van der Waals surface area contributed by atoms with Crippen LogP contribution in [0.3, 0.4) is 0 Å². The van der Waals surface area contributed by atoms with Crippen molar-refractivity contribution in [2.45, 2.75) is 31.2 Å². The molecule has 5 rings (SSSR count). The second-order valence-electron chi connectivity index (χ2n) is 9.51. The second-order valence-corrected chi connectivity index (χ2v) is 10.7. The van der Waals surface area contributed by atoms with E-state index in [9.17, 15) is 18.8 Å². The average molecular weight is 571 g/mol. The number of carbonyl (C=O) groups is 3. The molecular formula is C32H27FN2O5S. The van der Waals surface area contributed by atoms with Crippen LogP contribution in [0.15, 0.2) is 97.3 Å². The second kappa shape index (κ2) is 12.3. The number of hydrogen-bond donors (Lipinski definition) is 0. The minimum Gasteiger partial charge on any atom is -0.457 e. The van der Waals surface area contributed by atoms with Crippen LogP contribution >= 0.6 is 11.8 Å². The first-order valence-electron chi connectivity index (χ1n) is 13.0. The molecule has 1 fully saturated rings. The van der Waals surface area contributed by atoms with Gasteiger partial charge >= 0.3 is 11.9 Å². The highest BCUT2D eigenvalue weighted by Crippen LogP contribution is 2.46. The van der Waals surface area contributed by atoms with Gasteiger partial charge < -0.3 is 14.4 Å². The number of rotatable bonds is 9. The van der Waals surface area contributed by atoms with Crippen molar-refractivity contribution in [3.8, 4) is 16.9 Å². The van der Waals surface area contributed by atoms with Gasteiger partial charge in [0.15, 0.2) is 0 Å². The Balaban J connectivity index is 1.41. The minimum atomic E-state index is -0.647. The lowest BCUT2D eigenvalue weighted by molar-refractivity contribution is -0.145. The summed E-state index contributed by atoms with van der Waals surface area (Å²) in [6.45, 7) is 2.66. The summed E-state index contributed by atoms with van der Waals surface area (Å²) in [6.07, 6.45) is 2.85. The van der Waals surface area contributed by atoms with Crippen molar-refractivity contribution in [3.63, 3.8) is 0 Å². The lowest BCUT2D eigenvalue weighted by Gasteiger charge is -2.47. The number of halogens is 1. The van der Waals surface area contributed by atoms with Gasteiger partial charge in [-0.1, -0.05) is 42.5 Å². The number of β-lactam (4-membered cyclic amide) rings is 1. The maximum Gasteiger partial charge on any atom is 0.308 e. The maximum atomic E-state index is 13.6. The number of nitrogens with zero attached hydrogens (tertiary/aromatic N) is 2. The molecule has 3 aromatic carbocycles. The molecule has 2 heterocycles. The number of ether oxygens (including phenoxy) is 2. The van der Waals surface area contributed by atoms with E-state index < -0.39 is 23.3 Å². The first kappa shape index (κ1) is 28.0. The fourth-order valence-corrected chi connectivity index (χ4v) is 6.11. The first-order valence-corrected chi connectivity index (χ1v) is 14.0. The molecule has 1 aromatic heterocycles. The van der Waals surface area contributed by atoms with Gasteiger partial charge in [0, 0.05) is 37.7 Å². The lowest BCUT2D eigenvalue weighted by atomic mass is 9.92. The molecule has 1 saturated heterocycles. The van der Waals surface area contributed by atoms with E-state index in [1.165, 1.54) is 37.7 Å². The van der Waals surface area contributed by atoms with Crippen LogP contribution in [0.25, 0.3) is 11.1 Å². The predicted molar refractivity (Wildman–Crippen MR) is 155 cm³/mol. The fraction of sp³-hybridized carbons (Fsp3) is 0.188. The molecule has 0 saturated carbocycles. The predicted octanol–water partition coefficient (Wildman–Crippen LogP) is 6.31. The zero-order chi connectivity index (χ0) is 28.9. The lowest BCUT2D eigenvalue weighted by Crippen LogP contribution is -2.57. The number of benzene rings is 3. The van der Waals surface area contributed by atoms with Crippen molar-refractivity contribution in [2.24, 2.45) is 0 Å². The molecule has 208 valence electrons. The zero-order valence-corrected chi connectivity index (χ0v) is 23.2. The van der Waals surface area contributed by atoms with Crippen molar-refractivity contribution < 1.29 is 28.2 Å². The fourth-order valence-electron chi connectivity index (χ4n) is 4.75. The van der Waals surface area contributed by atoms with E-state index in [2.05, 4.69) is 4.98 Å². The van der Waals surface area contributed by atoms with Gasteiger partial charge in [0.25, 0.3) is 0 Å². The van der Waals surface area contributed by atoms with Gasteiger partial charge in [0.05, 0.1) is 6.04 Å². The quantitative estimate of drug-likeness (QED) is 0.132. The molecule has 7 nitrogen and oxygen atoms in total. The molecule has 0 bridgehead atoms. The molecular weight excluding hydrogens is 543 g/mol. The van der Waals surface area contributed by atoms with Gasteiger partial charge in [-0.05, 0) is 64.7 Å². The molecule has 1 amide bonds. The van der Waals surface area contributed by atoms with Gasteiger partial charge in [-0.3, -0.25) is 19.4 Å². The van der Waals surface area contributed by atoms with Gasteiger partial charge in [-0.25, -0.2) is 4.39 Å². The van der Waals surface area contributed by atoms with Crippen molar-refractivity contribution in [2.75, 3.05) is 10.7 Å². The Bertz CT molecular complexity index is 1530. The monoisotopic (exact) mass is 570 g/mol. The summed E-state index contributed by atoms with van der Waals surface area (Å²) in [4.78, 5) is 42.7. The largest absolute Gasteiger partial charge is 0.457 e. The SMILES string of the molecule is CC(=O)Oc1ccc([C@@H]2[C@@H](SCC(OC(C)=O)c3ccc(F)cc3)C(=O)N2c2ccc(-c3cccnc3)cc2)cc1. The van der Waals surface area contributed by atoms with E-state index in [1.807, 2.05) is 48.5 Å². The number of pyridine rings is 1. The van der Waals surface area contributed by atoms with Crippen LogP contribution < -0.4 is 9.64 Å². The first-order chi connectivity index (χ1) is 19.8. The highest BCUT2D eigenvalue weighted by atomic mass is 32.2. The number of esters is 2. The Morgan fingerprint density at radius 2 is 1.63 bits per heavy atom. The Morgan fingerprint density at radius 1 is 0.927 bits per heavy atom. The number of thioether (sulfide) groups is 1. The summed E-state index contributed by atoms with van der Waals surface area (Å²) in [5.41, 5.74) is 4.19. The zero-order valence-electron chi connectivity index (χ0n) is 22.4. The van der Waals surface area contributed by atoms with Crippen molar-refractivity contribution in [3.05, 3.63) is 114 Å². The van der Waals surface area contributed by atoms with Gasteiger partial charge in [0.2, 0.25) is 5.91 Å². The molecule has 4 aromatic rings. The Morgan fingerprint density at radius 3 is 2.24 bits per heavy atom. The van der Waals surface area contributed by atoms with Crippen LogP contribution in [-0.2, 0) is 19.1 Å². The summed E-state index contributed by atoms with van der Waals surface area (Å²) in [5, 5.41) is -0.467. The molecule has 3 atom stereocenters. The highest BCUT2D eigenvalue weighted by Gasteiger charge is 2.49. The summed E-state index contributed by atoms with van der Waals surface area (Å²) < 4.78 is 24.2. The summed E-state index contributed by atoms with van der Waals surface area (Å²) in [7, 11) is 0. The van der Waals surface area contributed by atoms with E-state index >= 15 is 0 Å². The van der Waals surface area contributed by atoms with E-state index in [4.69, 9.17) is 9.47 Å². The van der Waals surface area contributed by atoms with Crippen LogP contribution in [-0.4, -0.2) is 33.8 Å². The maximum absolute atomic E-state index is 13.6. The summed E-state index contributed by atoms with van der Waals surface area (Å²) in [6, 6.07) is 24.1. The van der Waals surface area contributed by atoms with Crippen LogP contribution in [0, 0.1) is 5.82 Å². The van der Waals surface area contributed by atoms with E-state index in [0.717, 1.165) is 22.4 Å². The molecule has 1 aliphatic heterocycles. The number of carbonyl (C=O) groups excluding carboxylic acids is 3. The highest BCUT2D eigenvalue weighted by molar-refractivity contribution is 8.00. The normalized spacial score (nSPS) is 17.0. The Labute approximate surface area is 241 Å².